The highest BCUT2D eigenvalue weighted by Crippen LogP contribution is 2.25. The van der Waals surface area contributed by atoms with Gasteiger partial charge in [0.1, 0.15) is 5.75 Å². The predicted molar refractivity (Wildman–Crippen MR) is 74.8 cm³/mol. The first kappa shape index (κ1) is 12.9. The minimum Gasteiger partial charge on any atom is -0.508 e. The molecule has 0 aromatic heterocycles. The number of hydrogen-bond donors (Lipinski definition) is 2. The first-order valence-electron chi connectivity index (χ1n) is 5.93. The quantitative estimate of drug-likeness (QED) is 0.875. The average molecular weight is 262 g/mol. The van der Waals surface area contributed by atoms with E-state index in [1.54, 1.807) is 18.2 Å². The fourth-order valence-electron chi connectivity index (χ4n) is 1.84. The van der Waals surface area contributed by atoms with Crippen molar-refractivity contribution in [2.45, 2.75) is 19.5 Å². The molecule has 0 saturated carbocycles. The molecule has 0 radical (unpaired) electrons. The summed E-state index contributed by atoms with van der Waals surface area (Å²) >= 11 is 6.06. The molecule has 0 amide bonds. The number of phenolic OH excluding ortho intramolecular Hbond substituents is 1. The van der Waals surface area contributed by atoms with Crippen LogP contribution in [0.25, 0.3) is 0 Å². The standard InChI is InChI=1S/C15H16ClNO/c1-11(12-6-3-2-4-7-12)17-10-13-14(16)8-5-9-15(13)18/h2-9,11,17-18H,10H2,1H3/t11-/m1/s1. The Balaban J connectivity index is 2.04. The van der Waals surface area contributed by atoms with Gasteiger partial charge in [-0.15, -0.1) is 0 Å². The third kappa shape index (κ3) is 3.03. The highest BCUT2D eigenvalue weighted by Gasteiger charge is 2.08. The van der Waals surface area contributed by atoms with E-state index in [2.05, 4.69) is 24.4 Å². The van der Waals surface area contributed by atoms with Gasteiger partial charge in [0.2, 0.25) is 0 Å². The summed E-state index contributed by atoms with van der Waals surface area (Å²) in [6.45, 7) is 2.63. The van der Waals surface area contributed by atoms with Gasteiger partial charge in [0, 0.05) is 23.2 Å². The van der Waals surface area contributed by atoms with Crippen LogP contribution in [-0.4, -0.2) is 5.11 Å². The van der Waals surface area contributed by atoms with Gasteiger partial charge in [-0.05, 0) is 24.6 Å². The van der Waals surface area contributed by atoms with E-state index in [1.165, 1.54) is 5.56 Å². The summed E-state index contributed by atoms with van der Waals surface area (Å²) in [7, 11) is 0. The Bertz CT molecular complexity index is 493. The van der Waals surface area contributed by atoms with Crippen LogP contribution < -0.4 is 5.32 Å². The van der Waals surface area contributed by atoms with E-state index < -0.39 is 0 Å². The molecule has 18 heavy (non-hydrogen) atoms. The minimum atomic E-state index is 0.210. The van der Waals surface area contributed by atoms with E-state index in [1.807, 2.05) is 18.2 Å². The molecule has 0 aliphatic carbocycles. The Labute approximate surface area is 112 Å². The lowest BCUT2D eigenvalue weighted by Crippen LogP contribution is -2.18. The second-order valence-corrected chi connectivity index (χ2v) is 4.66. The van der Waals surface area contributed by atoms with Gasteiger partial charge in [-0.3, -0.25) is 0 Å². The summed E-state index contributed by atoms with van der Waals surface area (Å²) in [5.74, 6) is 0.232. The Morgan fingerprint density at radius 1 is 1.11 bits per heavy atom. The molecule has 2 rings (SSSR count). The van der Waals surface area contributed by atoms with Crippen molar-refractivity contribution in [3.8, 4) is 5.75 Å². The van der Waals surface area contributed by atoms with Crippen molar-refractivity contribution in [3.05, 3.63) is 64.7 Å². The molecule has 2 aromatic carbocycles. The topological polar surface area (TPSA) is 32.3 Å². The molecule has 2 nitrogen and oxygen atoms in total. The normalized spacial score (nSPS) is 12.3. The molecule has 0 unspecified atom stereocenters. The van der Waals surface area contributed by atoms with Crippen molar-refractivity contribution in [2.24, 2.45) is 0 Å². The van der Waals surface area contributed by atoms with Gasteiger partial charge in [0.25, 0.3) is 0 Å². The summed E-state index contributed by atoms with van der Waals surface area (Å²) in [5.41, 5.74) is 1.95. The molecule has 0 aliphatic heterocycles. The van der Waals surface area contributed by atoms with Crippen molar-refractivity contribution in [2.75, 3.05) is 0 Å². The van der Waals surface area contributed by atoms with E-state index in [9.17, 15) is 5.11 Å². The van der Waals surface area contributed by atoms with Crippen molar-refractivity contribution in [1.82, 2.24) is 5.32 Å². The van der Waals surface area contributed by atoms with E-state index in [4.69, 9.17) is 11.6 Å². The lowest BCUT2D eigenvalue weighted by Gasteiger charge is -2.15. The van der Waals surface area contributed by atoms with Gasteiger partial charge in [-0.2, -0.15) is 0 Å². The van der Waals surface area contributed by atoms with Crippen LogP contribution in [-0.2, 0) is 6.54 Å². The first-order valence-corrected chi connectivity index (χ1v) is 6.31. The molecule has 2 N–H and O–H groups in total. The van der Waals surface area contributed by atoms with E-state index in [0.29, 0.717) is 11.6 Å². The van der Waals surface area contributed by atoms with E-state index in [0.717, 1.165) is 5.56 Å². The third-order valence-corrected chi connectivity index (χ3v) is 3.33. The molecule has 0 spiro atoms. The van der Waals surface area contributed by atoms with Crippen LogP contribution in [0.15, 0.2) is 48.5 Å². The molecular weight excluding hydrogens is 246 g/mol. The zero-order chi connectivity index (χ0) is 13.0. The van der Waals surface area contributed by atoms with Crippen LogP contribution in [0, 0.1) is 0 Å². The summed E-state index contributed by atoms with van der Waals surface area (Å²) in [4.78, 5) is 0. The number of nitrogens with one attached hydrogen (secondary N) is 1. The largest absolute Gasteiger partial charge is 0.508 e. The maximum absolute atomic E-state index is 9.75. The van der Waals surface area contributed by atoms with Crippen molar-refractivity contribution in [1.29, 1.82) is 0 Å². The number of halogens is 1. The summed E-state index contributed by atoms with van der Waals surface area (Å²) in [6, 6.07) is 15.6. The van der Waals surface area contributed by atoms with Gasteiger partial charge in [0.15, 0.2) is 0 Å². The highest BCUT2D eigenvalue weighted by atomic mass is 35.5. The Kier molecular flexibility index (Phi) is 4.24. The van der Waals surface area contributed by atoms with Gasteiger partial charge >= 0.3 is 0 Å². The van der Waals surface area contributed by atoms with Crippen LogP contribution in [0.3, 0.4) is 0 Å². The number of hydrogen-bond acceptors (Lipinski definition) is 2. The molecule has 94 valence electrons. The lowest BCUT2D eigenvalue weighted by atomic mass is 10.1. The molecule has 2 aromatic rings. The zero-order valence-corrected chi connectivity index (χ0v) is 11.0. The van der Waals surface area contributed by atoms with Gasteiger partial charge in [-0.25, -0.2) is 0 Å². The number of rotatable bonds is 4. The van der Waals surface area contributed by atoms with E-state index >= 15 is 0 Å². The summed E-state index contributed by atoms with van der Waals surface area (Å²) in [5, 5.41) is 13.7. The zero-order valence-electron chi connectivity index (χ0n) is 10.2. The van der Waals surface area contributed by atoms with Crippen LogP contribution in [0.5, 0.6) is 5.75 Å². The van der Waals surface area contributed by atoms with Gasteiger partial charge in [0.05, 0.1) is 0 Å². The smallest absolute Gasteiger partial charge is 0.121 e. The molecule has 0 saturated heterocycles. The van der Waals surface area contributed by atoms with Crippen LogP contribution >= 0.6 is 11.6 Å². The molecule has 0 bridgehead atoms. The monoisotopic (exact) mass is 261 g/mol. The number of aromatic hydroxyl groups is 1. The van der Waals surface area contributed by atoms with Crippen LogP contribution in [0.1, 0.15) is 24.1 Å². The van der Waals surface area contributed by atoms with Gasteiger partial charge in [-0.1, -0.05) is 48.0 Å². The molecule has 0 fully saturated rings. The Morgan fingerprint density at radius 2 is 1.83 bits per heavy atom. The first-order chi connectivity index (χ1) is 8.68. The summed E-state index contributed by atoms with van der Waals surface area (Å²) < 4.78 is 0. The Hall–Kier alpha value is -1.51. The summed E-state index contributed by atoms with van der Waals surface area (Å²) in [6.07, 6.45) is 0. The molecule has 3 heteroatoms. The fourth-order valence-corrected chi connectivity index (χ4v) is 2.07. The van der Waals surface area contributed by atoms with Crippen molar-refractivity contribution < 1.29 is 5.11 Å². The second-order valence-electron chi connectivity index (χ2n) is 4.25. The SMILES string of the molecule is C[C@@H](NCc1c(O)cccc1Cl)c1ccccc1. The molecule has 0 aliphatic rings. The number of benzene rings is 2. The third-order valence-electron chi connectivity index (χ3n) is 2.98. The predicted octanol–water partition coefficient (Wildman–Crippen LogP) is 3.90. The molecule has 0 heterocycles. The van der Waals surface area contributed by atoms with Crippen molar-refractivity contribution in [3.63, 3.8) is 0 Å². The highest BCUT2D eigenvalue weighted by molar-refractivity contribution is 6.31. The molecular formula is C15H16ClNO. The Morgan fingerprint density at radius 3 is 2.50 bits per heavy atom. The maximum Gasteiger partial charge on any atom is 0.121 e. The molecule has 1 atom stereocenters. The fraction of sp³-hybridized carbons (Fsp3) is 0.200. The maximum atomic E-state index is 9.75. The lowest BCUT2D eigenvalue weighted by molar-refractivity contribution is 0.460. The van der Waals surface area contributed by atoms with Crippen LogP contribution in [0.4, 0.5) is 0 Å². The minimum absolute atomic E-state index is 0.210. The van der Waals surface area contributed by atoms with Gasteiger partial charge < -0.3 is 10.4 Å². The number of phenols is 1. The van der Waals surface area contributed by atoms with Crippen LogP contribution in [0.2, 0.25) is 5.02 Å². The average Bonchev–Trinajstić information content (AvgIpc) is 2.39. The van der Waals surface area contributed by atoms with E-state index in [-0.39, 0.29) is 11.8 Å². The second kappa shape index (κ2) is 5.89. The van der Waals surface area contributed by atoms with Crippen molar-refractivity contribution >= 4 is 11.6 Å².